The second-order valence-electron chi connectivity index (χ2n) is 5.66. The lowest BCUT2D eigenvalue weighted by molar-refractivity contribution is 0.149. The maximum Gasteiger partial charge on any atom is 0.321 e. The van der Waals surface area contributed by atoms with Gasteiger partial charge >= 0.3 is 6.03 Å². The minimum absolute atomic E-state index is 0.00768. The third kappa shape index (κ3) is 4.10. The van der Waals surface area contributed by atoms with Gasteiger partial charge in [0.05, 0.1) is 0 Å². The number of rotatable bonds is 2. The number of benzene rings is 1. The van der Waals surface area contributed by atoms with Crippen molar-refractivity contribution in [3.63, 3.8) is 0 Å². The highest BCUT2D eigenvalue weighted by Gasteiger charge is 2.24. The largest absolute Gasteiger partial charge is 0.324 e. The molecule has 0 spiro atoms. The van der Waals surface area contributed by atoms with Crippen LogP contribution in [0.5, 0.6) is 0 Å². The van der Waals surface area contributed by atoms with E-state index in [4.69, 9.17) is 0 Å². The van der Waals surface area contributed by atoms with Crippen LogP contribution in [0.4, 0.5) is 4.79 Å². The summed E-state index contributed by atoms with van der Waals surface area (Å²) in [6.07, 6.45) is 4.82. The molecule has 1 saturated heterocycles. The van der Waals surface area contributed by atoms with Crippen LogP contribution in [-0.2, 0) is 0 Å². The van der Waals surface area contributed by atoms with Gasteiger partial charge in [0.15, 0.2) is 0 Å². The van der Waals surface area contributed by atoms with Crippen molar-refractivity contribution in [3.05, 3.63) is 40.5 Å². The summed E-state index contributed by atoms with van der Waals surface area (Å²) < 4.78 is 1.02. The van der Waals surface area contributed by atoms with Gasteiger partial charge in [0.25, 0.3) is 0 Å². The predicted molar refractivity (Wildman–Crippen MR) is 86.2 cm³/mol. The molecule has 0 bridgehead atoms. The van der Waals surface area contributed by atoms with Gasteiger partial charge in [-0.15, -0.1) is 0 Å². The van der Waals surface area contributed by atoms with Gasteiger partial charge in [-0.25, -0.2) is 4.79 Å². The number of halogens is 1. The first-order valence-corrected chi connectivity index (χ1v) is 7.82. The Morgan fingerprint density at radius 3 is 2.60 bits per heavy atom. The molecule has 1 aliphatic heterocycles. The standard InChI is InChI=1S/C16H21BrN2O/c1-12-9-13(2)11-19(10-12)16(20)18-8-7-14-5-3-4-6-15(14)17/h3-8,12-13H,9-11H2,1-2H3,(H,18,20)/b8-7+. The first-order valence-electron chi connectivity index (χ1n) is 7.02. The summed E-state index contributed by atoms with van der Waals surface area (Å²) >= 11 is 3.48. The Labute approximate surface area is 129 Å². The fourth-order valence-corrected chi connectivity index (χ4v) is 3.15. The molecule has 1 aromatic carbocycles. The fraction of sp³-hybridized carbons (Fsp3) is 0.438. The molecule has 1 fully saturated rings. The average molecular weight is 337 g/mol. The Balaban J connectivity index is 1.90. The molecule has 0 aliphatic carbocycles. The number of amides is 2. The van der Waals surface area contributed by atoms with E-state index in [1.807, 2.05) is 35.2 Å². The van der Waals surface area contributed by atoms with E-state index in [-0.39, 0.29) is 6.03 Å². The number of carbonyl (C=O) groups is 1. The highest BCUT2D eigenvalue weighted by atomic mass is 79.9. The van der Waals surface area contributed by atoms with Gasteiger partial charge in [-0.05, 0) is 36.0 Å². The Hall–Kier alpha value is -1.29. The molecule has 2 amide bonds. The normalized spacial score (nSPS) is 23.1. The van der Waals surface area contributed by atoms with Crippen LogP contribution < -0.4 is 5.32 Å². The molecule has 1 N–H and O–H groups in total. The summed E-state index contributed by atoms with van der Waals surface area (Å²) in [4.78, 5) is 14.0. The van der Waals surface area contributed by atoms with Crippen LogP contribution in [0.1, 0.15) is 25.8 Å². The zero-order valence-corrected chi connectivity index (χ0v) is 13.6. The second-order valence-corrected chi connectivity index (χ2v) is 6.51. The number of hydrogen-bond donors (Lipinski definition) is 1. The van der Waals surface area contributed by atoms with E-state index in [0.29, 0.717) is 11.8 Å². The molecule has 3 nitrogen and oxygen atoms in total. The molecule has 1 aromatic rings. The summed E-state index contributed by atoms with van der Waals surface area (Å²) in [7, 11) is 0. The molecular weight excluding hydrogens is 316 g/mol. The van der Waals surface area contributed by atoms with E-state index in [9.17, 15) is 4.79 Å². The van der Waals surface area contributed by atoms with E-state index >= 15 is 0 Å². The van der Waals surface area contributed by atoms with Gasteiger partial charge in [-0.2, -0.15) is 0 Å². The predicted octanol–water partition coefficient (Wildman–Crippen LogP) is 4.11. The van der Waals surface area contributed by atoms with Gasteiger partial charge < -0.3 is 10.2 Å². The first kappa shape index (κ1) is 15.1. The maximum absolute atomic E-state index is 12.1. The van der Waals surface area contributed by atoms with E-state index < -0.39 is 0 Å². The SMILES string of the molecule is CC1CC(C)CN(C(=O)N/C=C/c2ccccc2Br)C1. The van der Waals surface area contributed by atoms with E-state index in [0.717, 1.165) is 23.1 Å². The third-order valence-electron chi connectivity index (χ3n) is 3.53. The smallest absolute Gasteiger partial charge is 0.321 e. The topological polar surface area (TPSA) is 32.3 Å². The van der Waals surface area contributed by atoms with Crippen molar-refractivity contribution in [1.82, 2.24) is 10.2 Å². The number of piperidine rings is 1. The molecule has 4 heteroatoms. The quantitative estimate of drug-likeness (QED) is 0.865. The Morgan fingerprint density at radius 2 is 1.95 bits per heavy atom. The van der Waals surface area contributed by atoms with Crippen molar-refractivity contribution in [3.8, 4) is 0 Å². The fourth-order valence-electron chi connectivity index (χ4n) is 2.73. The van der Waals surface area contributed by atoms with E-state index in [1.165, 1.54) is 6.42 Å². The molecule has 2 unspecified atom stereocenters. The monoisotopic (exact) mass is 336 g/mol. The van der Waals surface area contributed by atoms with Crippen LogP contribution in [0.15, 0.2) is 34.9 Å². The zero-order chi connectivity index (χ0) is 14.5. The molecule has 1 heterocycles. The van der Waals surface area contributed by atoms with Gasteiger partial charge in [0.2, 0.25) is 0 Å². The minimum Gasteiger partial charge on any atom is -0.324 e. The van der Waals surface area contributed by atoms with Crippen molar-refractivity contribution < 1.29 is 4.79 Å². The third-order valence-corrected chi connectivity index (χ3v) is 4.25. The lowest BCUT2D eigenvalue weighted by Crippen LogP contribution is -2.46. The molecular formula is C16H21BrN2O. The van der Waals surface area contributed by atoms with E-state index in [2.05, 4.69) is 35.1 Å². The van der Waals surface area contributed by atoms with Crippen LogP contribution in [0, 0.1) is 11.8 Å². The zero-order valence-electron chi connectivity index (χ0n) is 12.0. The van der Waals surface area contributed by atoms with Crippen molar-refractivity contribution in [2.75, 3.05) is 13.1 Å². The molecule has 0 aromatic heterocycles. The molecule has 0 saturated carbocycles. The molecule has 0 radical (unpaired) electrons. The van der Waals surface area contributed by atoms with Crippen LogP contribution in [0.3, 0.4) is 0 Å². The number of carbonyl (C=O) groups excluding carboxylic acids is 1. The van der Waals surface area contributed by atoms with Gasteiger partial charge in [0.1, 0.15) is 0 Å². The minimum atomic E-state index is -0.00768. The van der Waals surface area contributed by atoms with Crippen molar-refractivity contribution in [1.29, 1.82) is 0 Å². The van der Waals surface area contributed by atoms with Crippen LogP contribution in [-0.4, -0.2) is 24.0 Å². The maximum atomic E-state index is 12.1. The molecule has 1 aliphatic rings. The van der Waals surface area contributed by atoms with Gasteiger partial charge in [-0.3, -0.25) is 0 Å². The number of likely N-dealkylation sites (tertiary alicyclic amines) is 1. The number of nitrogens with one attached hydrogen (secondary N) is 1. The van der Waals surface area contributed by atoms with Crippen molar-refractivity contribution >= 4 is 28.0 Å². The van der Waals surface area contributed by atoms with Crippen molar-refractivity contribution in [2.24, 2.45) is 11.8 Å². The summed E-state index contributed by atoms with van der Waals surface area (Å²) in [6, 6.07) is 7.91. The van der Waals surface area contributed by atoms with Crippen LogP contribution >= 0.6 is 15.9 Å². The Bertz CT molecular complexity index is 491. The molecule has 2 atom stereocenters. The lowest BCUT2D eigenvalue weighted by atomic mass is 9.92. The molecule has 108 valence electrons. The highest BCUT2D eigenvalue weighted by Crippen LogP contribution is 2.21. The Morgan fingerprint density at radius 1 is 1.30 bits per heavy atom. The first-order chi connectivity index (χ1) is 9.56. The van der Waals surface area contributed by atoms with Crippen LogP contribution in [0.2, 0.25) is 0 Å². The molecule has 2 rings (SSSR count). The van der Waals surface area contributed by atoms with Gasteiger partial charge in [-0.1, -0.05) is 48.0 Å². The van der Waals surface area contributed by atoms with Crippen LogP contribution in [0.25, 0.3) is 6.08 Å². The second kappa shape index (κ2) is 6.93. The van der Waals surface area contributed by atoms with Gasteiger partial charge in [0, 0.05) is 23.8 Å². The summed E-state index contributed by atoms with van der Waals surface area (Å²) in [5.74, 6) is 1.16. The lowest BCUT2D eigenvalue weighted by Gasteiger charge is -2.34. The van der Waals surface area contributed by atoms with E-state index in [1.54, 1.807) is 6.20 Å². The number of nitrogens with zero attached hydrogens (tertiary/aromatic N) is 1. The summed E-state index contributed by atoms with van der Waals surface area (Å²) in [6.45, 7) is 6.10. The summed E-state index contributed by atoms with van der Waals surface area (Å²) in [5.41, 5.74) is 1.05. The molecule has 20 heavy (non-hydrogen) atoms. The highest BCUT2D eigenvalue weighted by molar-refractivity contribution is 9.10. The average Bonchev–Trinajstić information content (AvgIpc) is 2.39. The number of hydrogen-bond acceptors (Lipinski definition) is 1. The number of urea groups is 1. The Kier molecular flexibility index (Phi) is 5.24. The summed E-state index contributed by atoms with van der Waals surface area (Å²) in [5, 5.41) is 2.85. The van der Waals surface area contributed by atoms with Crippen molar-refractivity contribution in [2.45, 2.75) is 20.3 Å².